The van der Waals surface area contributed by atoms with Crippen LogP contribution in [0.5, 0.6) is 5.75 Å². The molecule has 4 N–H and O–H groups in total. The minimum atomic E-state index is -0.755. The van der Waals surface area contributed by atoms with Gasteiger partial charge >= 0.3 is 0 Å². The second kappa shape index (κ2) is 11.6. The van der Waals surface area contributed by atoms with Gasteiger partial charge in [0.05, 0.1) is 32.0 Å². The predicted octanol–water partition coefficient (Wildman–Crippen LogP) is 2.97. The fraction of sp³-hybridized carbons (Fsp3) is 0.320. The molecule has 3 atom stereocenters. The van der Waals surface area contributed by atoms with Crippen LogP contribution in [0.4, 0.5) is 0 Å². The maximum atomic E-state index is 9.84. The van der Waals surface area contributed by atoms with Crippen molar-refractivity contribution in [3.63, 3.8) is 0 Å². The Morgan fingerprint density at radius 1 is 0.969 bits per heavy atom. The molecular formula is C25H30N2O5. The number of aliphatic hydroxyl groups excluding tert-OH is 4. The van der Waals surface area contributed by atoms with Gasteiger partial charge in [0.25, 0.3) is 0 Å². The number of hydrogen-bond donors (Lipinski definition) is 4. The van der Waals surface area contributed by atoms with E-state index in [0.717, 1.165) is 16.7 Å². The molecule has 2 aromatic carbocycles. The highest BCUT2D eigenvalue weighted by atomic mass is 16.5. The van der Waals surface area contributed by atoms with E-state index >= 15 is 0 Å². The predicted molar refractivity (Wildman–Crippen MR) is 123 cm³/mol. The summed E-state index contributed by atoms with van der Waals surface area (Å²) < 4.78 is 7.35. The molecule has 0 aliphatic carbocycles. The van der Waals surface area contributed by atoms with E-state index in [1.54, 1.807) is 23.9 Å². The van der Waals surface area contributed by atoms with E-state index in [1.165, 1.54) is 0 Å². The molecule has 1 heterocycles. The van der Waals surface area contributed by atoms with Crippen LogP contribution in [0.3, 0.4) is 0 Å². The van der Waals surface area contributed by atoms with Crippen molar-refractivity contribution in [3.8, 4) is 16.9 Å². The summed E-state index contributed by atoms with van der Waals surface area (Å²) in [6.07, 6.45) is 6.11. The van der Waals surface area contributed by atoms with Crippen molar-refractivity contribution in [2.75, 3.05) is 19.8 Å². The van der Waals surface area contributed by atoms with Crippen molar-refractivity contribution in [1.29, 1.82) is 0 Å². The zero-order valence-corrected chi connectivity index (χ0v) is 18.1. The molecule has 0 aliphatic rings. The van der Waals surface area contributed by atoms with Crippen LogP contribution in [0.25, 0.3) is 17.2 Å². The maximum absolute atomic E-state index is 9.84. The van der Waals surface area contributed by atoms with Crippen molar-refractivity contribution in [3.05, 3.63) is 78.4 Å². The molecule has 7 nitrogen and oxygen atoms in total. The van der Waals surface area contributed by atoms with Gasteiger partial charge in [0.2, 0.25) is 0 Å². The number of rotatable bonds is 11. The fourth-order valence-corrected chi connectivity index (χ4v) is 3.33. The molecule has 0 bridgehead atoms. The van der Waals surface area contributed by atoms with Crippen LogP contribution in [0.1, 0.15) is 36.9 Å². The lowest BCUT2D eigenvalue weighted by molar-refractivity contribution is 0.0754. The highest BCUT2D eigenvalue weighted by molar-refractivity contribution is 5.66. The average molecular weight is 439 g/mol. The molecule has 7 heteroatoms. The molecular weight excluding hydrogens is 408 g/mol. The quantitative estimate of drug-likeness (QED) is 0.367. The Bertz CT molecular complexity index is 980. The normalized spacial score (nSPS) is 14.4. The van der Waals surface area contributed by atoms with Crippen LogP contribution in [0.15, 0.2) is 67.0 Å². The highest BCUT2D eigenvalue weighted by Crippen LogP contribution is 2.24. The Balaban J connectivity index is 1.62. The summed E-state index contributed by atoms with van der Waals surface area (Å²) >= 11 is 0. The van der Waals surface area contributed by atoms with Gasteiger partial charge in [-0.1, -0.05) is 48.6 Å². The van der Waals surface area contributed by atoms with Gasteiger partial charge in [-0.3, -0.25) is 0 Å². The third kappa shape index (κ3) is 6.27. The first-order chi connectivity index (χ1) is 15.5. The largest absolute Gasteiger partial charge is 0.493 e. The molecule has 3 rings (SSSR count). The summed E-state index contributed by atoms with van der Waals surface area (Å²) in [6, 6.07) is 15.5. The van der Waals surface area contributed by atoms with E-state index < -0.39 is 12.2 Å². The van der Waals surface area contributed by atoms with Crippen LogP contribution in [-0.4, -0.2) is 55.9 Å². The zero-order chi connectivity index (χ0) is 22.9. The Morgan fingerprint density at radius 3 is 2.22 bits per heavy atom. The van der Waals surface area contributed by atoms with Crippen molar-refractivity contribution < 1.29 is 25.2 Å². The van der Waals surface area contributed by atoms with Crippen LogP contribution >= 0.6 is 0 Å². The number of imidazole rings is 1. The van der Waals surface area contributed by atoms with Crippen LogP contribution < -0.4 is 4.74 Å². The van der Waals surface area contributed by atoms with Crippen LogP contribution in [0.2, 0.25) is 0 Å². The first-order valence-corrected chi connectivity index (χ1v) is 10.6. The van der Waals surface area contributed by atoms with E-state index in [4.69, 9.17) is 9.84 Å². The second-order valence-electron chi connectivity index (χ2n) is 7.60. The van der Waals surface area contributed by atoms with Crippen LogP contribution in [-0.2, 0) is 0 Å². The molecule has 0 saturated heterocycles. The van der Waals surface area contributed by atoms with Crippen molar-refractivity contribution in [2.45, 2.75) is 31.6 Å². The van der Waals surface area contributed by atoms with E-state index in [1.807, 2.05) is 60.7 Å². The zero-order valence-electron chi connectivity index (χ0n) is 18.1. The Morgan fingerprint density at radius 2 is 1.62 bits per heavy atom. The van der Waals surface area contributed by atoms with Gasteiger partial charge in [-0.2, -0.15) is 0 Å². The SMILES string of the molecule is C[C@H](O)c1nccn1C(/C=C/c1ccc(-c2ccc(OCCC(O)CO)cc2)cc1)CO. The minimum absolute atomic E-state index is 0.0992. The number of hydrogen-bond acceptors (Lipinski definition) is 6. The lowest BCUT2D eigenvalue weighted by atomic mass is 10.0. The monoisotopic (exact) mass is 438 g/mol. The lowest BCUT2D eigenvalue weighted by Crippen LogP contribution is -2.15. The Labute approximate surface area is 187 Å². The third-order valence-corrected chi connectivity index (χ3v) is 5.16. The topological polar surface area (TPSA) is 108 Å². The molecule has 0 aliphatic heterocycles. The summed E-state index contributed by atoms with van der Waals surface area (Å²) in [5.41, 5.74) is 3.11. The number of nitrogens with zero attached hydrogens (tertiary/aromatic N) is 2. The van der Waals surface area contributed by atoms with Gasteiger partial charge < -0.3 is 29.7 Å². The van der Waals surface area contributed by atoms with E-state index in [2.05, 4.69) is 4.98 Å². The van der Waals surface area contributed by atoms with Gasteiger partial charge in [0, 0.05) is 18.8 Å². The molecule has 1 aromatic heterocycles. The summed E-state index contributed by atoms with van der Waals surface area (Å²) in [5.74, 6) is 1.23. The molecule has 0 spiro atoms. The Kier molecular flexibility index (Phi) is 8.58. The lowest BCUT2D eigenvalue weighted by Gasteiger charge is -2.16. The number of aliphatic hydroxyl groups is 4. The number of ether oxygens (including phenoxy) is 1. The second-order valence-corrected chi connectivity index (χ2v) is 7.60. The third-order valence-electron chi connectivity index (χ3n) is 5.16. The molecule has 170 valence electrons. The van der Waals surface area contributed by atoms with E-state index in [0.29, 0.717) is 24.6 Å². The molecule has 3 aromatic rings. The summed E-state index contributed by atoms with van der Waals surface area (Å²) in [5, 5.41) is 37.8. The number of benzene rings is 2. The number of aromatic nitrogens is 2. The van der Waals surface area contributed by atoms with E-state index in [-0.39, 0.29) is 19.3 Å². The minimum Gasteiger partial charge on any atom is -0.493 e. The van der Waals surface area contributed by atoms with Crippen molar-refractivity contribution in [2.24, 2.45) is 0 Å². The first kappa shape index (κ1) is 23.7. The molecule has 0 radical (unpaired) electrons. The smallest absolute Gasteiger partial charge is 0.137 e. The van der Waals surface area contributed by atoms with Gasteiger partial charge in [-0.15, -0.1) is 0 Å². The van der Waals surface area contributed by atoms with Gasteiger partial charge in [0.15, 0.2) is 0 Å². The highest BCUT2D eigenvalue weighted by Gasteiger charge is 2.14. The molecule has 0 amide bonds. The molecule has 2 unspecified atom stereocenters. The maximum Gasteiger partial charge on any atom is 0.137 e. The van der Waals surface area contributed by atoms with Gasteiger partial charge in [-0.05, 0) is 35.7 Å². The summed E-state index contributed by atoms with van der Waals surface area (Å²) in [4.78, 5) is 4.16. The van der Waals surface area contributed by atoms with Crippen molar-refractivity contribution >= 4 is 6.08 Å². The van der Waals surface area contributed by atoms with Crippen molar-refractivity contribution in [1.82, 2.24) is 9.55 Å². The van der Waals surface area contributed by atoms with Crippen LogP contribution in [0, 0.1) is 0 Å². The summed E-state index contributed by atoms with van der Waals surface area (Å²) in [6.45, 7) is 1.63. The van der Waals surface area contributed by atoms with Gasteiger partial charge in [0.1, 0.15) is 17.7 Å². The summed E-state index contributed by atoms with van der Waals surface area (Å²) in [7, 11) is 0. The Hall–Kier alpha value is -2.97. The van der Waals surface area contributed by atoms with E-state index in [9.17, 15) is 15.3 Å². The fourth-order valence-electron chi connectivity index (χ4n) is 3.33. The first-order valence-electron chi connectivity index (χ1n) is 10.6. The molecule has 0 saturated carbocycles. The molecule has 32 heavy (non-hydrogen) atoms. The van der Waals surface area contributed by atoms with Gasteiger partial charge in [-0.25, -0.2) is 4.98 Å². The standard InChI is InChI=1S/C25H30N2O5/c1-18(30)25-26-13-14-27(25)22(16-28)9-4-19-2-5-20(6-3-19)21-7-10-24(11-8-21)32-15-12-23(31)17-29/h2-11,13-14,18,22-23,28-31H,12,15-17H2,1H3/b9-4+/t18-,22?,23?/m0/s1. The average Bonchev–Trinajstić information content (AvgIpc) is 3.30. The molecule has 0 fully saturated rings.